The molecular weight excluding hydrogens is 321 g/mol. The zero-order valence-corrected chi connectivity index (χ0v) is 10.3. The highest BCUT2D eigenvalue weighted by Crippen LogP contribution is 2.05. The Morgan fingerprint density at radius 2 is 2.31 bits per heavy atom. The van der Waals surface area contributed by atoms with Gasteiger partial charge in [-0.25, -0.2) is 9.78 Å². The maximum Gasteiger partial charge on any atom is 0.354 e. The number of aromatic carboxylic acids is 1. The van der Waals surface area contributed by atoms with Crippen LogP contribution in [0.25, 0.3) is 0 Å². The maximum absolute atomic E-state index is 10.7. The van der Waals surface area contributed by atoms with Crippen LogP contribution in [0.1, 0.15) is 16.2 Å². The van der Waals surface area contributed by atoms with E-state index in [1.807, 2.05) is 6.20 Å². The van der Waals surface area contributed by atoms with Crippen molar-refractivity contribution in [3.05, 3.63) is 45.6 Å². The molecule has 0 radical (unpaired) electrons. The molecule has 0 unspecified atom stereocenters. The first-order valence-electron chi connectivity index (χ1n) is 4.52. The second-order valence-electron chi connectivity index (χ2n) is 3.18. The summed E-state index contributed by atoms with van der Waals surface area (Å²) in [6, 6.07) is 4.93. The van der Waals surface area contributed by atoms with Gasteiger partial charge in [0.1, 0.15) is 5.69 Å². The van der Waals surface area contributed by atoms with Crippen molar-refractivity contribution in [3.8, 4) is 0 Å². The first-order chi connectivity index (χ1) is 7.65. The quantitative estimate of drug-likeness (QED) is 0.869. The third-order valence-corrected chi connectivity index (χ3v) is 2.51. The minimum atomic E-state index is -1.02. The highest BCUT2D eigenvalue weighted by molar-refractivity contribution is 14.1. The van der Waals surface area contributed by atoms with Gasteiger partial charge >= 0.3 is 5.97 Å². The molecule has 0 saturated carbocycles. The monoisotopic (exact) mass is 329 g/mol. The Bertz CT molecular complexity index is 524. The highest BCUT2D eigenvalue weighted by atomic mass is 127. The molecule has 6 heteroatoms. The van der Waals surface area contributed by atoms with Gasteiger partial charge in [0.05, 0.1) is 22.0 Å². The van der Waals surface area contributed by atoms with E-state index in [0.29, 0.717) is 12.2 Å². The normalized spacial score (nSPS) is 10.3. The zero-order valence-electron chi connectivity index (χ0n) is 8.17. The summed E-state index contributed by atoms with van der Waals surface area (Å²) in [5.74, 6) is -1.02. The van der Waals surface area contributed by atoms with Crippen molar-refractivity contribution < 1.29 is 9.90 Å². The number of hydrogen-bond acceptors (Lipinski definition) is 3. The predicted octanol–water partition coefficient (Wildman–Crippen LogP) is 1.63. The Hall–Kier alpha value is -1.44. The molecule has 0 aliphatic heterocycles. The van der Waals surface area contributed by atoms with Crippen LogP contribution in [0.15, 0.2) is 30.6 Å². The van der Waals surface area contributed by atoms with Crippen molar-refractivity contribution in [1.29, 1.82) is 0 Å². The number of nitrogens with zero attached hydrogens (tertiary/aromatic N) is 3. The Balaban J connectivity index is 2.21. The van der Waals surface area contributed by atoms with Crippen LogP contribution in [0.2, 0.25) is 0 Å². The lowest BCUT2D eigenvalue weighted by atomic mass is 10.3. The van der Waals surface area contributed by atoms with Gasteiger partial charge < -0.3 is 5.11 Å². The van der Waals surface area contributed by atoms with Gasteiger partial charge in [0.25, 0.3) is 0 Å². The lowest BCUT2D eigenvalue weighted by molar-refractivity contribution is 0.0690. The van der Waals surface area contributed by atoms with E-state index in [4.69, 9.17) is 5.11 Å². The summed E-state index contributed by atoms with van der Waals surface area (Å²) < 4.78 is 2.75. The molecule has 2 rings (SSSR count). The van der Waals surface area contributed by atoms with Crippen LogP contribution >= 0.6 is 22.6 Å². The number of carbonyl (C=O) groups is 1. The number of rotatable bonds is 3. The molecule has 1 N–H and O–H groups in total. The van der Waals surface area contributed by atoms with Gasteiger partial charge in [0, 0.05) is 6.20 Å². The second-order valence-corrected chi connectivity index (χ2v) is 4.42. The minimum Gasteiger partial charge on any atom is -0.477 e. The van der Waals surface area contributed by atoms with Crippen molar-refractivity contribution in [2.45, 2.75) is 6.54 Å². The molecule has 0 atom stereocenters. The Morgan fingerprint density at radius 3 is 2.94 bits per heavy atom. The molecule has 82 valence electrons. The molecule has 2 heterocycles. The van der Waals surface area contributed by atoms with Gasteiger partial charge in [0.2, 0.25) is 0 Å². The molecule has 0 amide bonds. The van der Waals surface area contributed by atoms with Crippen molar-refractivity contribution in [1.82, 2.24) is 14.8 Å². The predicted molar refractivity (Wildman–Crippen MR) is 65.2 cm³/mol. The van der Waals surface area contributed by atoms with Crippen LogP contribution in [-0.4, -0.2) is 25.8 Å². The van der Waals surface area contributed by atoms with Gasteiger partial charge in [-0.05, 0) is 34.7 Å². The summed E-state index contributed by atoms with van der Waals surface area (Å²) in [5.41, 5.74) is 0.735. The molecule has 0 fully saturated rings. The number of carboxylic acids is 1. The van der Waals surface area contributed by atoms with E-state index in [9.17, 15) is 4.79 Å². The van der Waals surface area contributed by atoms with Crippen molar-refractivity contribution in [2.24, 2.45) is 0 Å². The van der Waals surface area contributed by atoms with Crippen molar-refractivity contribution >= 4 is 28.6 Å². The fraction of sp³-hybridized carbons (Fsp3) is 0.100. The Morgan fingerprint density at radius 1 is 1.50 bits per heavy atom. The van der Waals surface area contributed by atoms with Crippen LogP contribution in [0.4, 0.5) is 0 Å². The average Bonchev–Trinajstić information content (AvgIpc) is 2.64. The van der Waals surface area contributed by atoms with Gasteiger partial charge in [-0.15, -0.1) is 0 Å². The molecule has 0 aliphatic carbocycles. The summed E-state index contributed by atoms with van der Waals surface area (Å²) >= 11 is 2.16. The van der Waals surface area contributed by atoms with Crippen LogP contribution in [0, 0.1) is 3.57 Å². The largest absolute Gasteiger partial charge is 0.477 e. The summed E-state index contributed by atoms with van der Waals surface area (Å²) in [5, 5.41) is 12.9. The van der Waals surface area contributed by atoms with E-state index in [2.05, 4.69) is 32.7 Å². The SMILES string of the molecule is O=C(O)c1cccc(Cn2cc(I)cn2)n1. The fourth-order valence-corrected chi connectivity index (χ4v) is 1.72. The second kappa shape index (κ2) is 4.60. The molecule has 5 nitrogen and oxygen atoms in total. The Kier molecular flexibility index (Phi) is 3.18. The standard InChI is InChI=1S/C10H8IN3O2/c11-7-4-12-14(5-7)6-8-2-1-3-9(13-8)10(15)16/h1-5H,6H2,(H,15,16). The lowest BCUT2D eigenvalue weighted by Gasteiger charge is -2.01. The average molecular weight is 329 g/mol. The summed E-state index contributed by atoms with van der Waals surface area (Å²) in [7, 11) is 0. The van der Waals surface area contributed by atoms with E-state index in [0.717, 1.165) is 3.57 Å². The molecule has 0 aliphatic rings. The molecule has 0 bridgehead atoms. The van der Waals surface area contributed by atoms with Crippen LogP contribution in [0.3, 0.4) is 0 Å². The number of aromatic nitrogens is 3. The van der Waals surface area contributed by atoms with Crippen LogP contribution < -0.4 is 0 Å². The molecule has 0 spiro atoms. The van der Waals surface area contributed by atoms with E-state index < -0.39 is 5.97 Å². The van der Waals surface area contributed by atoms with E-state index >= 15 is 0 Å². The van der Waals surface area contributed by atoms with E-state index in [1.165, 1.54) is 6.07 Å². The van der Waals surface area contributed by atoms with Gasteiger partial charge in [-0.2, -0.15) is 5.10 Å². The molecule has 2 aromatic heterocycles. The van der Waals surface area contributed by atoms with Gasteiger partial charge in [-0.3, -0.25) is 4.68 Å². The molecule has 2 aromatic rings. The summed E-state index contributed by atoms with van der Waals surface area (Å²) in [4.78, 5) is 14.7. The number of carboxylic acid groups (broad SMARTS) is 1. The Labute approximate surface area is 105 Å². The summed E-state index contributed by atoms with van der Waals surface area (Å²) in [6.07, 6.45) is 3.61. The lowest BCUT2D eigenvalue weighted by Crippen LogP contribution is -2.06. The van der Waals surface area contributed by atoms with Crippen molar-refractivity contribution in [2.75, 3.05) is 0 Å². The third kappa shape index (κ3) is 2.57. The number of pyridine rings is 1. The smallest absolute Gasteiger partial charge is 0.354 e. The number of halogens is 1. The molecule has 16 heavy (non-hydrogen) atoms. The van der Waals surface area contributed by atoms with E-state index in [1.54, 1.807) is 23.0 Å². The first kappa shape index (κ1) is 11.1. The van der Waals surface area contributed by atoms with E-state index in [-0.39, 0.29) is 5.69 Å². The number of hydrogen-bond donors (Lipinski definition) is 1. The maximum atomic E-state index is 10.7. The summed E-state index contributed by atoms with van der Waals surface area (Å²) in [6.45, 7) is 0.476. The molecule has 0 aromatic carbocycles. The topological polar surface area (TPSA) is 68.0 Å². The highest BCUT2D eigenvalue weighted by Gasteiger charge is 2.05. The van der Waals surface area contributed by atoms with Gasteiger partial charge in [-0.1, -0.05) is 6.07 Å². The molecular formula is C10H8IN3O2. The van der Waals surface area contributed by atoms with Crippen molar-refractivity contribution in [3.63, 3.8) is 0 Å². The van der Waals surface area contributed by atoms with Crippen LogP contribution in [0.5, 0.6) is 0 Å². The zero-order chi connectivity index (χ0) is 11.5. The first-order valence-corrected chi connectivity index (χ1v) is 5.60. The third-order valence-electron chi connectivity index (χ3n) is 1.95. The van der Waals surface area contributed by atoms with Gasteiger partial charge in [0.15, 0.2) is 0 Å². The van der Waals surface area contributed by atoms with Crippen LogP contribution in [-0.2, 0) is 6.54 Å². The minimum absolute atomic E-state index is 0.0550. The molecule has 0 saturated heterocycles. The fourth-order valence-electron chi connectivity index (χ4n) is 1.28.